The van der Waals surface area contributed by atoms with Crippen molar-refractivity contribution in [2.24, 2.45) is 11.3 Å². The van der Waals surface area contributed by atoms with Gasteiger partial charge in [-0.25, -0.2) is 4.90 Å². The fraction of sp³-hybridized carbons (Fsp3) is 0.182. The SMILES string of the molecule is Cc1ccc(Cl)cc1NC(=O)c1ccc(N2C(=O)[C@H]3C4c5ccccc5C(c5ccccc54)[C@@]3(C)C2=O)cc1. The van der Waals surface area contributed by atoms with Crippen LogP contribution in [0.2, 0.25) is 5.02 Å². The Hall–Kier alpha value is -4.22. The molecule has 1 N–H and O–H groups in total. The van der Waals surface area contributed by atoms with Crippen molar-refractivity contribution in [3.63, 3.8) is 0 Å². The molecule has 2 bridgehead atoms. The van der Waals surface area contributed by atoms with Gasteiger partial charge in [-0.15, -0.1) is 0 Å². The summed E-state index contributed by atoms with van der Waals surface area (Å²) in [4.78, 5) is 42.6. The van der Waals surface area contributed by atoms with Crippen molar-refractivity contribution in [3.8, 4) is 0 Å². The highest BCUT2D eigenvalue weighted by atomic mass is 35.5. The number of anilines is 2. The molecule has 3 aliphatic carbocycles. The van der Waals surface area contributed by atoms with E-state index in [0.29, 0.717) is 22.0 Å². The Morgan fingerprint density at radius 1 is 0.846 bits per heavy atom. The zero-order chi connectivity index (χ0) is 27.1. The van der Waals surface area contributed by atoms with Gasteiger partial charge in [0.1, 0.15) is 0 Å². The van der Waals surface area contributed by atoms with E-state index in [1.807, 2.05) is 44.2 Å². The number of nitrogens with zero attached hydrogens (tertiary/aromatic N) is 1. The summed E-state index contributed by atoms with van der Waals surface area (Å²) in [6, 6.07) is 28.4. The molecule has 4 aromatic rings. The van der Waals surface area contributed by atoms with Crippen LogP contribution >= 0.6 is 11.6 Å². The van der Waals surface area contributed by atoms with Crippen molar-refractivity contribution >= 4 is 40.7 Å². The quantitative estimate of drug-likeness (QED) is 0.299. The lowest BCUT2D eigenvalue weighted by Crippen LogP contribution is -2.49. The van der Waals surface area contributed by atoms with Crippen LogP contribution in [0, 0.1) is 18.3 Å². The first-order valence-electron chi connectivity index (χ1n) is 13.0. The highest BCUT2D eigenvalue weighted by molar-refractivity contribution is 6.31. The van der Waals surface area contributed by atoms with E-state index >= 15 is 0 Å². The van der Waals surface area contributed by atoms with Crippen LogP contribution < -0.4 is 10.2 Å². The van der Waals surface area contributed by atoms with Gasteiger partial charge in [-0.3, -0.25) is 14.4 Å². The Balaban J connectivity index is 1.24. The van der Waals surface area contributed by atoms with Crippen LogP contribution in [0.25, 0.3) is 0 Å². The molecule has 1 aliphatic heterocycles. The third kappa shape index (κ3) is 3.23. The van der Waals surface area contributed by atoms with Crippen LogP contribution in [0.1, 0.15) is 56.9 Å². The van der Waals surface area contributed by atoms with Crippen molar-refractivity contribution < 1.29 is 14.4 Å². The Morgan fingerprint density at radius 2 is 1.44 bits per heavy atom. The number of amides is 3. The third-order valence-corrected chi connectivity index (χ3v) is 9.08. The van der Waals surface area contributed by atoms with Crippen LogP contribution in [0.3, 0.4) is 0 Å². The van der Waals surface area contributed by atoms with Crippen LogP contribution in [-0.4, -0.2) is 17.7 Å². The number of nitrogens with one attached hydrogen (secondary N) is 1. The van der Waals surface area contributed by atoms with Crippen molar-refractivity contribution in [3.05, 3.63) is 129 Å². The maximum Gasteiger partial charge on any atom is 0.255 e. The van der Waals surface area contributed by atoms with Crippen LogP contribution in [0.4, 0.5) is 11.4 Å². The first-order chi connectivity index (χ1) is 18.8. The van der Waals surface area contributed by atoms with Gasteiger partial charge >= 0.3 is 0 Å². The number of hydrogen-bond donors (Lipinski definition) is 1. The molecule has 6 heteroatoms. The molecule has 0 spiro atoms. The molecule has 0 radical (unpaired) electrons. The number of hydrogen-bond acceptors (Lipinski definition) is 3. The van der Waals surface area contributed by atoms with E-state index < -0.39 is 11.3 Å². The topological polar surface area (TPSA) is 66.5 Å². The van der Waals surface area contributed by atoms with Gasteiger partial charge in [0.15, 0.2) is 0 Å². The molecule has 3 amide bonds. The summed E-state index contributed by atoms with van der Waals surface area (Å²) in [6.45, 7) is 3.85. The molecular weight excluding hydrogens is 508 g/mol. The number of carbonyl (C=O) groups is 3. The van der Waals surface area contributed by atoms with Gasteiger partial charge in [-0.2, -0.15) is 0 Å². The molecule has 4 aromatic carbocycles. The second-order valence-electron chi connectivity index (χ2n) is 10.9. The molecule has 0 unspecified atom stereocenters. The highest BCUT2D eigenvalue weighted by Gasteiger charge is 2.68. The highest BCUT2D eigenvalue weighted by Crippen LogP contribution is 2.67. The summed E-state index contributed by atoms with van der Waals surface area (Å²) in [6.07, 6.45) is 0. The molecule has 0 saturated carbocycles. The Bertz CT molecular complexity index is 1670. The Morgan fingerprint density at radius 3 is 2.05 bits per heavy atom. The molecule has 5 nitrogen and oxygen atoms in total. The van der Waals surface area contributed by atoms with Gasteiger partial charge in [-0.05, 0) is 78.1 Å². The molecule has 192 valence electrons. The van der Waals surface area contributed by atoms with E-state index in [1.165, 1.54) is 4.90 Å². The summed E-state index contributed by atoms with van der Waals surface area (Å²) in [5, 5.41) is 3.42. The molecular formula is C33H25ClN2O3. The molecule has 1 saturated heterocycles. The Kier molecular flexibility index (Phi) is 5.13. The fourth-order valence-corrected chi connectivity index (χ4v) is 7.22. The monoisotopic (exact) mass is 532 g/mol. The van der Waals surface area contributed by atoms with E-state index in [-0.39, 0.29) is 29.6 Å². The maximum atomic E-state index is 14.2. The smallest absolute Gasteiger partial charge is 0.255 e. The summed E-state index contributed by atoms with van der Waals surface area (Å²) in [5.74, 6) is -1.55. The van der Waals surface area contributed by atoms with Crippen molar-refractivity contribution in [2.45, 2.75) is 25.7 Å². The first-order valence-corrected chi connectivity index (χ1v) is 13.4. The molecule has 1 heterocycles. The molecule has 4 aliphatic rings. The van der Waals surface area contributed by atoms with Gasteiger partial charge < -0.3 is 5.32 Å². The van der Waals surface area contributed by atoms with Gasteiger partial charge in [0.05, 0.1) is 17.0 Å². The van der Waals surface area contributed by atoms with Crippen molar-refractivity contribution in [1.29, 1.82) is 0 Å². The molecule has 39 heavy (non-hydrogen) atoms. The second-order valence-corrected chi connectivity index (χ2v) is 11.3. The van der Waals surface area contributed by atoms with Crippen LogP contribution in [0.15, 0.2) is 91.0 Å². The van der Waals surface area contributed by atoms with E-state index in [0.717, 1.165) is 27.8 Å². The third-order valence-electron chi connectivity index (χ3n) is 8.85. The number of carbonyl (C=O) groups excluding carboxylic acids is 3. The lowest BCUT2D eigenvalue weighted by molar-refractivity contribution is -0.128. The second kappa shape index (κ2) is 8.39. The maximum absolute atomic E-state index is 14.2. The first kappa shape index (κ1) is 23.9. The predicted octanol–water partition coefficient (Wildman–Crippen LogP) is 6.69. The summed E-state index contributed by atoms with van der Waals surface area (Å²) >= 11 is 6.09. The van der Waals surface area contributed by atoms with E-state index in [9.17, 15) is 14.4 Å². The van der Waals surface area contributed by atoms with Crippen molar-refractivity contribution in [1.82, 2.24) is 0 Å². The van der Waals surface area contributed by atoms with E-state index in [2.05, 4.69) is 29.6 Å². The van der Waals surface area contributed by atoms with Gasteiger partial charge in [0, 0.05) is 28.1 Å². The normalized spacial score (nSPS) is 24.3. The molecule has 0 aromatic heterocycles. The minimum absolute atomic E-state index is 0.181. The number of imide groups is 1. The summed E-state index contributed by atoms with van der Waals surface area (Å²) in [7, 11) is 0. The molecule has 8 rings (SSSR count). The predicted molar refractivity (Wildman–Crippen MR) is 151 cm³/mol. The zero-order valence-electron chi connectivity index (χ0n) is 21.4. The Labute approximate surface area is 231 Å². The molecule has 2 atom stereocenters. The average Bonchev–Trinajstić information content (AvgIpc) is 3.16. The summed E-state index contributed by atoms with van der Waals surface area (Å²) in [5.41, 5.74) is 6.05. The van der Waals surface area contributed by atoms with E-state index in [4.69, 9.17) is 11.6 Å². The zero-order valence-corrected chi connectivity index (χ0v) is 22.2. The standard InChI is InChI=1S/C33H25ClN2O3/c1-18-11-14-20(34)17-26(18)35-30(37)19-12-15-21(16-13-19)36-31(38)29-27-22-7-3-5-9-24(22)28(33(29,2)32(36)39)25-10-6-4-8-23(25)27/h3-17,27-29H,1-2H3,(H,35,37)/t27?,28?,29-,33-/m1/s1. The minimum Gasteiger partial charge on any atom is -0.322 e. The van der Waals surface area contributed by atoms with Gasteiger partial charge in [0.25, 0.3) is 5.91 Å². The summed E-state index contributed by atoms with van der Waals surface area (Å²) < 4.78 is 0. The van der Waals surface area contributed by atoms with Crippen molar-refractivity contribution in [2.75, 3.05) is 10.2 Å². The number of rotatable bonds is 3. The number of benzene rings is 4. The van der Waals surface area contributed by atoms with Gasteiger partial charge in [-0.1, -0.05) is 66.2 Å². The lowest BCUT2D eigenvalue weighted by Gasteiger charge is -2.51. The fourth-order valence-electron chi connectivity index (χ4n) is 7.05. The average molecular weight is 533 g/mol. The van der Waals surface area contributed by atoms with E-state index in [1.54, 1.807) is 36.4 Å². The largest absolute Gasteiger partial charge is 0.322 e. The number of aryl methyl sites for hydroxylation is 1. The number of halogens is 1. The van der Waals surface area contributed by atoms with Gasteiger partial charge in [0.2, 0.25) is 11.8 Å². The van der Waals surface area contributed by atoms with Crippen LogP contribution in [-0.2, 0) is 9.59 Å². The minimum atomic E-state index is -0.898. The lowest BCUT2D eigenvalue weighted by atomic mass is 9.48. The molecule has 1 fully saturated rings. The van der Waals surface area contributed by atoms with Crippen LogP contribution in [0.5, 0.6) is 0 Å².